The van der Waals surface area contributed by atoms with Crippen molar-refractivity contribution in [1.82, 2.24) is 24.6 Å². The molecule has 1 aromatic carbocycles. The summed E-state index contributed by atoms with van der Waals surface area (Å²) < 4.78 is 43.9. The summed E-state index contributed by atoms with van der Waals surface area (Å²) in [6, 6.07) is 5.75. The van der Waals surface area contributed by atoms with Crippen LogP contribution in [0.4, 0.5) is 36.5 Å². The molecule has 13 heteroatoms. The van der Waals surface area contributed by atoms with Crippen molar-refractivity contribution < 1.29 is 27.8 Å². The zero-order valence-electron chi connectivity index (χ0n) is 29.3. The molecule has 266 valence electrons. The molecule has 2 amide bonds. The average molecular weight is 690 g/mol. The number of hydrogen-bond acceptors (Lipinski definition) is 8. The molecule has 11 nitrogen and oxygen atoms in total. The Balaban J connectivity index is 1.16. The summed E-state index contributed by atoms with van der Waals surface area (Å²) in [7, 11) is 0. The quantitative estimate of drug-likeness (QED) is 0.320. The predicted molar refractivity (Wildman–Crippen MR) is 184 cm³/mol. The molecule has 0 saturated carbocycles. The van der Waals surface area contributed by atoms with Crippen molar-refractivity contribution >= 4 is 34.9 Å². The number of carbonyl (C=O) groups excluding carboxylic acids is 2. The van der Waals surface area contributed by atoms with Crippen LogP contribution in [-0.2, 0) is 39.1 Å². The van der Waals surface area contributed by atoms with Crippen molar-refractivity contribution in [1.29, 1.82) is 0 Å². The molecule has 0 radical (unpaired) electrons. The van der Waals surface area contributed by atoms with E-state index in [0.717, 1.165) is 65.3 Å². The zero-order chi connectivity index (χ0) is 34.9. The maximum atomic E-state index is 15.2. The number of anilines is 4. The van der Waals surface area contributed by atoms with Crippen molar-refractivity contribution in [3.05, 3.63) is 58.5 Å². The van der Waals surface area contributed by atoms with Gasteiger partial charge in [-0.2, -0.15) is 5.10 Å². The van der Waals surface area contributed by atoms with E-state index < -0.39 is 17.4 Å². The van der Waals surface area contributed by atoms with E-state index >= 15 is 8.78 Å². The van der Waals surface area contributed by atoms with E-state index in [1.54, 1.807) is 30.3 Å². The second-order valence-corrected chi connectivity index (χ2v) is 15.4. The molecular weight excluding hydrogens is 644 g/mol. The molecule has 0 unspecified atom stereocenters. The van der Waals surface area contributed by atoms with Gasteiger partial charge in [-0.1, -0.05) is 0 Å². The number of aryl methyl sites for hydroxylation is 1. The lowest BCUT2D eigenvalue weighted by atomic mass is 9.76. The topological polar surface area (TPSA) is 96.3 Å². The van der Waals surface area contributed by atoms with Gasteiger partial charge in [0.2, 0.25) is 5.91 Å². The zero-order valence-corrected chi connectivity index (χ0v) is 29.3. The van der Waals surface area contributed by atoms with Crippen molar-refractivity contribution in [3.8, 4) is 0 Å². The van der Waals surface area contributed by atoms with Crippen LogP contribution in [0.25, 0.3) is 0 Å². The summed E-state index contributed by atoms with van der Waals surface area (Å²) in [5.41, 5.74) is 5.08. The molecule has 2 fully saturated rings. The summed E-state index contributed by atoms with van der Waals surface area (Å²) in [6.07, 6.45) is 4.40. The average Bonchev–Trinajstić information content (AvgIpc) is 3.63. The maximum Gasteiger partial charge on any atom is 0.410 e. The van der Waals surface area contributed by atoms with Gasteiger partial charge in [-0.05, 0) is 75.8 Å². The molecule has 2 aromatic heterocycles. The van der Waals surface area contributed by atoms with Crippen LogP contribution < -0.4 is 9.80 Å². The lowest BCUT2D eigenvalue weighted by Gasteiger charge is -2.48. The Kier molecular flexibility index (Phi) is 8.04. The Morgan fingerprint density at radius 1 is 1.00 bits per heavy atom. The largest absolute Gasteiger partial charge is 0.444 e. The number of hydrogen-bond donors (Lipinski definition) is 0. The van der Waals surface area contributed by atoms with Gasteiger partial charge in [-0.25, -0.2) is 13.6 Å². The molecule has 2 saturated heterocycles. The third-order valence-corrected chi connectivity index (χ3v) is 10.9. The Morgan fingerprint density at radius 3 is 2.50 bits per heavy atom. The SMILES string of the molecule is CC(=O)N1CCc2c(c(N3CCCc4cc(N5CC6(CN(C(=O)OC(C)(C)C)C6)c6ccncc65)c(C(F)F)cc43)nn2C2CCOCC2)C1. The third kappa shape index (κ3) is 5.57. The van der Waals surface area contributed by atoms with Crippen molar-refractivity contribution in [2.24, 2.45) is 0 Å². The lowest BCUT2D eigenvalue weighted by molar-refractivity contribution is -0.129. The molecule has 5 aliphatic rings. The van der Waals surface area contributed by atoms with E-state index in [1.165, 1.54) is 0 Å². The molecular formula is C37H45F2N7O4. The van der Waals surface area contributed by atoms with Crippen LogP contribution >= 0.6 is 0 Å². The lowest BCUT2D eigenvalue weighted by Crippen LogP contribution is -2.63. The Labute approximate surface area is 291 Å². The van der Waals surface area contributed by atoms with Crippen LogP contribution in [0.5, 0.6) is 0 Å². The molecule has 1 spiro atoms. The first-order valence-corrected chi connectivity index (χ1v) is 17.8. The van der Waals surface area contributed by atoms with Gasteiger partial charge in [0.25, 0.3) is 6.43 Å². The monoisotopic (exact) mass is 689 g/mol. The molecule has 0 atom stereocenters. The van der Waals surface area contributed by atoms with E-state index in [2.05, 4.69) is 14.6 Å². The third-order valence-electron chi connectivity index (χ3n) is 10.9. The number of rotatable bonds is 4. The summed E-state index contributed by atoms with van der Waals surface area (Å²) in [5.74, 6) is 0.778. The minimum Gasteiger partial charge on any atom is -0.444 e. The number of benzene rings is 1. The summed E-state index contributed by atoms with van der Waals surface area (Å²) in [4.78, 5) is 37.4. The summed E-state index contributed by atoms with van der Waals surface area (Å²) >= 11 is 0. The minimum atomic E-state index is -2.72. The fourth-order valence-electron chi connectivity index (χ4n) is 8.56. The number of aromatic nitrogens is 3. The van der Waals surface area contributed by atoms with E-state index in [1.807, 2.05) is 42.7 Å². The fraction of sp³-hybridized carbons (Fsp3) is 0.568. The van der Waals surface area contributed by atoms with Gasteiger partial charge < -0.3 is 29.1 Å². The Hall–Kier alpha value is -4.26. The van der Waals surface area contributed by atoms with Crippen LogP contribution in [0.2, 0.25) is 0 Å². The highest BCUT2D eigenvalue weighted by Gasteiger charge is 2.54. The second kappa shape index (κ2) is 12.2. The Morgan fingerprint density at radius 2 is 1.78 bits per heavy atom. The number of likely N-dealkylation sites (tertiary alicyclic amines) is 1. The van der Waals surface area contributed by atoms with E-state index in [-0.39, 0.29) is 23.6 Å². The van der Waals surface area contributed by atoms with E-state index in [0.29, 0.717) is 64.6 Å². The normalized spacial score (nSPS) is 20.1. The number of pyridine rings is 1. The maximum absolute atomic E-state index is 15.2. The first-order valence-electron chi connectivity index (χ1n) is 17.8. The second-order valence-electron chi connectivity index (χ2n) is 15.4. The molecule has 0 aliphatic carbocycles. The molecule has 5 aliphatic heterocycles. The number of fused-ring (bicyclic) bond motifs is 4. The highest BCUT2D eigenvalue weighted by Crippen LogP contribution is 2.52. The molecule has 8 rings (SSSR count). The summed E-state index contributed by atoms with van der Waals surface area (Å²) in [5, 5.41) is 5.22. The number of amides is 2. The van der Waals surface area contributed by atoms with Gasteiger partial charge in [0, 0.05) is 88.0 Å². The standard InChI is InChI=1S/C37H45F2N7O4/c1-23(47)42-13-8-29-27(19-42)34(41-46(29)25-9-14-49-15-10-25)44-12-5-6-24-16-31(26(33(38)39)17-30(24)44)45-22-37(28-7-11-40-18-32(28)45)20-43(21-37)35(48)50-36(2,3)4/h7,11,16-18,25,33H,5-6,8-10,12-15,19-22H2,1-4H3. The number of carbonyl (C=O) groups is 2. The van der Waals surface area contributed by atoms with E-state index in [9.17, 15) is 9.59 Å². The molecule has 0 N–H and O–H groups in total. The van der Waals surface area contributed by atoms with Crippen LogP contribution in [0.1, 0.15) is 87.4 Å². The minimum absolute atomic E-state index is 0.0166. The van der Waals surface area contributed by atoms with Crippen LogP contribution in [-0.4, -0.2) is 88.1 Å². The highest BCUT2D eigenvalue weighted by molar-refractivity contribution is 5.81. The van der Waals surface area contributed by atoms with Crippen LogP contribution in [0.3, 0.4) is 0 Å². The first-order chi connectivity index (χ1) is 23.9. The number of nitrogens with zero attached hydrogens (tertiary/aromatic N) is 7. The van der Waals surface area contributed by atoms with Crippen molar-refractivity contribution in [2.75, 3.05) is 55.7 Å². The van der Waals surface area contributed by atoms with Gasteiger partial charge in [-0.3, -0.25) is 14.5 Å². The van der Waals surface area contributed by atoms with Crippen LogP contribution in [0, 0.1) is 0 Å². The molecule has 50 heavy (non-hydrogen) atoms. The highest BCUT2D eigenvalue weighted by atomic mass is 19.3. The van der Waals surface area contributed by atoms with E-state index in [4.69, 9.17) is 14.6 Å². The Bertz CT molecular complexity index is 1830. The number of halogens is 2. The number of ether oxygens (including phenoxy) is 2. The molecule has 3 aromatic rings. The predicted octanol–water partition coefficient (Wildman–Crippen LogP) is 6.20. The van der Waals surface area contributed by atoms with Crippen molar-refractivity contribution in [2.45, 2.75) is 89.8 Å². The van der Waals surface area contributed by atoms with Gasteiger partial charge in [0.05, 0.1) is 35.6 Å². The molecule has 0 bridgehead atoms. The fourth-order valence-corrected chi connectivity index (χ4v) is 8.56. The first kappa shape index (κ1) is 32.9. The van der Waals surface area contributed by atoms with Gasteiger partial charge in [0.1, 0.15) is 5.60 Å². The molecule has 7 heterocycles. The van der Waals surface area contributed by atoms with Crippen LogP contribution in [0.15, 0.2) is 30.6 Å². The smallest absolute Gasteiger partial charge is 0.410 e. The van der Waals surface area contributed by atoms with Gasteiger partial charge >= 0.3 is 6.09 Å². The summed E-state index contributed by atoms with van der Waals surface area (Å²) in [6.45, 7) is 11.5. The van der Waals surface area contributed by atoms with Crippen molar-refractivity contribution in [3.63, 3.8) is 0 Å². The van der Waals surface area contributed by atoms with Gasteiger partial charge in [0.15, 0.2) is 5.82 Å². The number of alkyl halides is 2. The van der Waals surface area contributed by atoms with Gasteiger partial charge in [-0.15, -0.1) is 0 Å².